The number of anilines is 1. The van der Waals surface area contributed by atoms with E-state index in [1.54, 1.807) is 0 Å². The fourth-order valence-electron chi connectivity index (χ4n) is 1.56. The Hall–Kier alpha value is -1.17. The highest BCUT2D eigenvalue weighted by Crippen LogP contribution is 2.30. The van der Waals surface area contributed by atoms with Crippen LogP contribution in [-0.2, 0) is 0 Å². The normalized spacial score (nSPS) is 10.7. The Balaban J connectivity index is 2.74. The summed E-state index contributed by atoms with van der Waals surface area (Å²) < 4.78 is 13.5. The van der Waals surface area contributed by atoms with Crippen molar-refractivity contribution in [2.45, 2.75) is 26.7 Å². The molecule has 0 aliphatic rings. The van der Waals surface area contributed by atoms with Crippen molar-refractivity contribution in [1.82, 2.24) is 0 Å². The number of hydrogen-bond donors (Lipinski definition) is 1. The van der Waals surface area contributed by atoms with Crippen molar-refractivity contribution in [3.05, 3.63) is 32.5 Å². The highest BCUT2D eigenvalue weighted by atomic mass is 79.9. The van der Waals surface area contributed by atoms with E-state index >= 15 is 0 Å². The summed E-state index contributed by atoms with van der Waals surface area (Å²) in [5, 5.41) is 13.8. The topological polar surface area (TPSA) is 55.2 Å². The molecule has 100 valence electrons. The van der Waals surface area contributed by atoms with Crippen molar-refractivity contribution in [2.24, 2.45) is 5.92 Å². The summed E-state index contributed by atoms with van der Waals surface area (Å²) in [5.74, 6) is -0.0313. The molecular formula is C12H16BrFN2O2. The number of halogens is 2. The van der Waals surface area contributed by atoms with Crippen molar-refractivity contribution >= 4 is 27.3 Å². The monoisotopic (exact) mass is 318 g/mol. The molecule has 0 aliphatic heterocycles. The van der Waals surface area contributed by atoms with E-state index in [0.29, 0.717) is 18.2 Å². The van der Waals surface area contributed by atoms with Crippen molar-refractivity contribution in [3.8, 4) is 0 Å². The molecule has 6 heteroatoms. The van der Waals surface area contributed by atoms with Crippen LogP contribution in [0.4, 0.5) is 15.8 Å². The molecule has 1 N–H and O–H groups in total. The predicted molar refractivity (Wildman–Crippen MR) is 73.3 cm³/mol. The number of nitrogens with one attached hydrogen (secondary N) is 1. The molecule has 0 spiro atoms. The zero-order valence-corrected chi connectivity index (χ0v) is 12.0. The molecule has 1 aromatic rings. The lowest BCUT2D eigenvalue weighted by atomic mass is 10.1. The van der Waals surface area contributed by atoms with Gasteiger partial charge in [-0.25, -0.2) is 4.39 Å². The average molecular weight is 319 g/mol. The largest absolute Gasteiger partial charge is 0.379 e. The number of nitrogens with zero attached hydrogens (tertiary/aromatic N) is 1. The van der Waals surface area contributed by atoms with Gasteiger partial charge in [-0.15, -0.1) is 0 Å². The van der Waals surface area contributed by atoms with Gasteiger partial charge in [0.15, 0.2) is 0 Å². The van der Waals surface area contributed by atoms with Crippen LogP contribution in [0.25, 0.3) is 0 Å². The molecule has 4 nitrogen and oxygen atoms in total. The second-order valence-electron chi connectivity index (χ2n) is 4.50. The maximum atomic E-state index is 13.2. The molecule has 0 saturated carbocycles. The van der Waals surface area contributed by atoms with Crippen LogP contribution in [-0.4, -0.2) is 11.5 Å². The first-order valence-corrected chi connectivity index (χ1v) is 6.58. The molecule has 0 unspecified atom stereocenters. The number of benzene rings is 1. The molecule has 0 saturated heterocycles. The van der Waals surface area contributed by atoms with E-state index < -0.39 is 10.7 Å². The van der Waals surface area contributed by atoms with Crippen LogP contribution in [0.1, 0.15) is 26.7 Å². The van der Waals surface area contributed by atoms with Gasteiger partial charge in [-0.1, -0.05) is 13.8 Å². The fraction of sp³-hybridized carbons (Fsp3) is 0.500. The van der Waals surface area contributed by atoms with E-state index in [9.17, 15) is 14.5 Å². The first-order chi connectivity index (χ1) is 8.41. The van der Waals surface area contributed by atoms with Gasteiger partial charge < -0.3 is 5.32 Å². The summed E-state index contributed by atoms with van der Waals surface area (Å²) in [5.41, 5.74) is 0.109. The Morgan fingerprint density at radius 1 is 1.50 bits per heavy atom. The zero-order valence-electron chi connectivity index (χ0n) is 10.4. The van der Waals surface area contributed by atoms with Crippen molar-refractivity contribution in [2.75, 3.05) is 11.9 Å². The van der Waals surface area contributed by atoms with Crippen LogP contribution in [0.5, 0.6) is 0 Å². The molecule has 0 amide bonds. The van der Waals surface area contributed by atoms with Crippen LogP contribution >= 0.6 is 15.9 Å². The Labute approximate surface area is 114 Å². The predicted octanol–water partition coefficient (Wildman–Crippen LogP) is 4.34. The van der Waals surface area contributed by atoms with Gasteiger partial charge in [-0.2, -0.15) is 0 Å². The van der Waals surface area contributed by atoms with Crippen LogP contribution in [0.3, 0.4) is 0 Å². The van der Waals surface area contributed by atoms with Crippen LogP contribution in [0, 0.1) is 21.8 Å². The minimum absolute atomic E-state index is 0.222. The van der Waals surface area contributed by atoms with Gasteiger partial charge in [-0.3, -0.25) is 10.1 Å². The van der Waals surface area contributed by atoms with Crippen LogP contribution < -0.4 is 5.32 Å². The summed E-state index contributed by atoms with van der Waals surface area (Å²) in [4.78, 5) is 10.2. The fourth-order valence-corrected chi connectivity index (χ4v) is 1.91. The summed E-state index contributed by atoms with van der Waals surface area (Å²) in [6.07, 6.45) is 1.97. The molecule has 18 heavy (non-hydrogen) atoms. The van der Waals surface area contributed by atoms with Crippen molar-refractivity contribution in [1.29, 1.82) is 0 Å². The Kier molecular flexibility index (Phi) is 5.53. The minimum atomic E-state index is -0.630. The van der Waals surface area contributed by atoms with E-state index in [-0.39, 0.29) is 10.2 Å². The first kappa shape index (κ1) is 14.9. The van der Waals surface area contributed by atoms with Crippen molar-refractivity contribution in [3.63, 3.8) is 0 Å². The molecule has 0 aliphatic carbocycles. The number of nitro benzene ring substituents is 1. The summed E-state index contributed by atoms with van der Waals surface area (Å²) in [6, 6.07) is 2.33. The molecule has 0 fully saturated rings. The Morgan fingerprint density at radius 3 is 2.72 bits per heavy atom. The van der Waals surface area contributed by atoms with Crippen LogP contribution in [0.15, 0.2) is 16.6 Å². The zero-order chi connectivity index (χ0) is 13.7. The SMILES string of the molecule is CC(C)CCCNc1cc(Br)c(F)cc1[N+](=O)[O-]. The van der Waals surface area contributed by atoms with E-state index in [2.05, 4.69) is 35.1 Å². The van der Waals surface area contributed by atoms with E-state index in [1.165, 1.54) is 6.07 Å². The maximum Gasteiger partial charge on any atom is 0.295 e. The third-order valence-corrected chi connectivity index (χ3v) is 3.12. The number of hydrogen-bond acceptors (Lipinski definition) is 3. The van der Waals surface area contributed by atoms with Crippen LogP contribution in [0.2, 0.25) is 0 Å². The van der Waals surface area contributed by atoms with E-state index in [0.717, 1.165) is 18.9 Å². The minimum Gasteiger partial charge on any atom is -0.379 e. The average Bonchev–Trinajstić information content (AvgIpc) is 2.28. The molecule has 0 aromatic heterocycles. The number of nitro groups is 1. The molecule has 0 heterocycles. The van der Waals surface area contributed by atoms with E-state index in [4.69, 9.17) is 0 Å². The van der Waals surface area contributed by atoms with Gasteiger partial charge in [0.2, 0.25) is 0 Å². The summed E-state index contributed by atoms with van der Waals surface area (Å²) in [6.45, 7) is 4.88. The maximum absolute atomic E-state index is 13.2. The molecule has 0 bridgehead atoms. The van der Waals surface area contributed by atoms with Gasteiger partial charge in [0, 0.05) is 6.54 Å². The van der Waals surface area contributed by atoms with Gasteiger partial charge in [0.05, 0.1) is 15.5 Å². The highest BCUT2D eigenvalue weighted by Gasteiger charge is 2.17. The quantitative estimate of drug-likeness (QED) is 0.482. The van der Waals surface area contributed by atoms with Gasteiger partial charge in [-0.05, 0) is 40.8 Å². The lowest BCUT2D eigenvalue weighted by molar-refractivity contribution is -0.384. The molecule has 1 rings (SSSR count). The standard InChI is InChI=1S/C12H16BrFN2O2/c1-8(2)4-3-5-15-11-6-9(13)10(14)7-12(11)16(17)18/h6-8,15H,3-5H2,1-2H3. The molecule has 0 atom stereocenters. The lowest BCUT2D eigenvalue weighted by Gasteiger charge is -2.09. The molecular weight excluding hydrogens is 303 g/mol. The van der Waals surface area contributed by atoms with E-state index in [1.807, 2.05) is 0 Å². The number of rotatable bonds is 6. The van der Waals surface area contributed by atoms with Gasteiger partial charge in [0.25, 0.3) is 5.69 Å². The third-order valence-electron chi connectivity index (χ3n) is 2.51. The molecule has 0 radical (unpaired) electrons. The highest BCUT2D eigenvalue weighted by molar-refractivity contribution is 9.10. The smallest absolute Gasteiger partial charge is 0.295 e. The molecule has 1 aromatic carbocycles. The van der Waals surface area contributed by atoms with Gasteiger partial charge in [0.1, 0.15) is 11.5 Å². The first-order valence-electron chi connectivity index (χ1n) is 5.79. The lowest BCUT2D eigenvalue weighted by Crippen LogP contribution is -2.06. The Morgan fingerprint density at radius 2 is 2.17 bits per heavy atom. The summed E-state index contributed by atoms with van der Waals surface area (Å²) in [7, 11) is 0. The second kappa shape index (κ2) is 6.68. The van der Waals surface area contributed by atoms with Crippen molar-refractivity contribution < 1.29 is 9.31 Å². The van der Waals surface area contributed by atoms with Gasteiger partial charge >= 0.3 is 0 Å². The summed E-state index contributed by atoms with van der Waals surface area (Å²) >= 11 is 3.02. The second-order valence-corrected chi connectivity index (χ2v) is 5.36. The Bertz CT molecular complexity index is 438. The third kappa shape index (κ3) is 4.25.